The fourth-order valence-electron chi connectivity index (χ4n) is 2.11. The molecule has 0 spiro atoms. The first-order valence-corrected chi connectivity index (χ1v) is 9.24. The summed E-state index contributed by atoms with van der Waals surface area (Å²) in [6, 6.07) is 11.9. The van der Waals surface area contributed by atoms with Crippen molar-refractivity contribution < 1.29 is 4.79 Å². The number of halogens is 2. The summed E-state index contributed by atoms with van der Waals surface area (Å²) >= 11 is 6.98. The molecule has 7 heteroatoms. The Kier molecular flexibility index (Phi) is 7.01. The molecular weight excluding hydrogens is 448 g/mol. The number of anilines is 2. The number of hydrogen-bond acceptors (Lipinski definition) is 4. The van der Waals surface area contributed by atoms with Crippen molar-refractivity contribution >= 4 is 55.4 Å². The van der Waals surface area contributed by atoms with Gasteiger partial charge in [0.1, 0.15) is 0 Å². The van der Waals surface area contributed by atoms with E-state index in [9.17, 15) is 4.79 Å². The largest absolute Gasteiger partial charge is 0.378 e. The lowest BCUT2D eigenvalue weighted by Gasteiger charge is -2.11. The quantitative estimate of drug-likeness (QED) is 0.495. The normalized spacial score (nSPS) is 10.8. The van der Waals surface area contributed by atoms with E-state index in [4.69, 9.17) is 0 Å². The molecule has 0 unspecified atom stereocenters. The monoisotopic (exact) mass is 466 g/mol. The van der Waals surface area contributed by atoms with Crippen molar-refractivity contribution in [3.05, 3.63) is 56.5 Å². The van der Waals surface area contributed by atoms with Gasteiger partial charge >= 0.3 is 0 Å². The molecule has 0 aliphatic heterocycles. The van der Waals surface area contributed by atoms with E-state index in [1.807, 2.05) is 62.3 Å². The SMILES string of the molecule is Cc1cc(Br)c(NCC(=O)N/N=C\c2ccc(N(C)C)cc2)c(Br)c1. The number of aryl methyl sites for hydroxylation is 1. The van der Waals surface area contributed by atoms with Crippen molar-refractivity contribution in [1.29, 1.82) is 0 Å². The smallest absolute Gasteiger partial charge is 0.259 e. The third-order valence-corrected chi connectivity index (χ3v) is 4.68. The van der Waals surface area contributed by atoms with E-state index in [-0.39, 0.29) is 12.5 Å². The minimum absolute atomic E-state index is 0.122. The molecule has 0 aliphatic carbocycles. The molecule has 0 aliphatic rings. The van der Waals surface area contributed by atoms with Crippen LogP contribution in [0, 0.1) is 6.92 Å². The third kappa shape index (κ3) is 5.86. The first-order valence-electron chi connectivity index (χ1n) is 7.65. The van der Waals surface area contributed by atoms with E-state index in [2.05, 4.69) is 47.7 Å². The zero-order valence-electron chi connectivity index (χ0n) is 14.3. The highest BCUT2D eigenvalue weighted by Gasteiger charge is 2.07. The summed E-state index contributed by atoms with van der Waals surface area (Å²) < 4.78 is 1.80. The van der Waals surface area contributed by atoms with Crippen LogP contribution in [0.25, 0.3) is 0 Å². The number of hydrazone groups is 1. The minimum atomic E-state index is -0.222. The molecule has 2 N–H and O–H groups in total. The molecule has 0 saturated carbocycles. The molecule has 1 amide bonds. The lowest BCUT2D eigenvalue weighted by atomic mass is 10.2. The Morgan fingerprint density at radius 1 is 1.16 bits per heavy atom. The van der Waals surface area contributed by atoms with E-state index in [1.165, 1.54) is 0 Å². The standard InChI is InChI=1S/C18H20Br2N4O/c1-12-8-15(19)18(16(20)9-12)21-11-17(25)23-22-10-13-4-6-14(7-5-13)24(2)3/h4-10,21H,11H2,1-3H3,(H,23,25)/b22-10-. The van der Waals surface area contributed by atoms with Gasteiger partial charge in [-0.15, -0.1) is 0 Å². The fourth-order valence-corrected chi connectivity index (χ4v) is 3.81. The lowest BCUT2D eigenvalue weighted by Crippen LogP contribution is -2.26. The Labute approximate surface area is 164 Å². The second-order valence-corrected chi connectivity index (χ2v) is 7.44. The van der Waals surface area contributed by atoms with Gasteiger partial charge in [-0.25, -0.2) is 5.43 Å². The van der Waals surface area contributed by atoms with Crippen molar-refractivity contribution in [1.82, 2.24) is 5.43 Å². The molecule has 0 atom stereocenters. The molecule has 0 bridgehead atoms. The van der Waals surface area contributed by atoms with Crippen LogP contribution in [0.5, 0.6) is 0 Å². The van der Waals surface area contributed by atoms with E-state index in [1.54, 1.807) is 6.21 Å². The number of hydrogen-bond donors (Lipinski definition) is 2. The van der Waals surface area contributed by atoms with Gasteiger partial charge in [0.05, 0.1) is 18.4 Å². The average molecular weight is 468 g/mol. The van der Waals surface area contributed by atoms with Crippen LogP contribution in [0.1, 0.15) is 11.1 Å². The fraction of sp³-hybridized carbons (Fsp3) is 0.222. The van der Waals surface area contributed by atoms with Crippen LogP contribution in [0.2, 0.25) is 0 Å². The molecular formula is C18H20Br2N4O. The van der Waals surface area contributed by atoms with Gasteiger partial charge in [0, 0.05) is 28.7 Å². The molecule has 0 heterocycles. The highest BCUT2D eigenvalue weighted by Crippen LogP contribution is 2.32. The van der Waals surface area contributed by atoms with Gasteiger partial charge in [0.2, 0.25) is 0 Å². The van der Waals surface area contributed by atoms with Crippen molar-refractivity contribution in [2.45, 2.75) is 6.92 Å². The van der Waals surface area contributed by atoms with Crippen molar-refractivity contribution in [3.63, 3.8) is 0 Å². The first-order chi connectivity index (χ1) is 11.9. The molecule has 0 saturated heterocycles. The van der Waals surface area contributed by atoms with Gasteiger partial charge < -0.3 is 10.2 Å². The highest BCUT2D eigenvalue weighted by atomic mass is 79.9. The average Bonchev–Trinajstić information content (AvgIpc) is 2.54. The molecule has 2 rings (SSSR count). The summed E-state index contributed by atoms with van der Waals surface area (Å²) in [6.45, 7) is 2.13. The number of benzene rings is 2. The summed E-state index contributed by atoms with van der Waals surface area (Å²) in [4.78, 5) is 13.9. The van der Waals surface area contributed by atoms with Crippen LogP contribution < -0.4 is 15.6 Å². The third-order valence-electron chi connectivity index (χ3n) is 3.42. The Hall–Kier alpha value is -1.86. The second kappa shape index (κ2) is 9.01. The molecule has 2 aromatic carbocycles. The minimum Gasteiger partial charge on any atom is -0.378 e. The maximum absolute atomic E-state index is 11.9. The van der Waals surface area contributed by atoms with E-state index in [0.717, 1.165) is 31.4 Å². The lowest BCUT2D eigenvalue weighted by molar-refractivity contribution is -0.119. The maximum atomic E-state index is 11.9. The summed E-state index contributed by atoms with van der Waals surface area (Å²) in [5, 5.41) is 7.08. The van der Waals surface area contributed by atoms with Gasteiger partial charge in [-0.1, -0.05) is 12.1 Å². The number of nitrogens with one attached hydrogen (secondary N) is 2. The topological polar surface area (TPSA) is 56.7 Å². The van der Waals surface area contributed by atoms with Crippen molar-refractivity contribution in [3.8, 4) is 0 Å². The molecule has 2 aromatic rings. The molecule has 132 valence electrons. The van der Waals surface area contributed by atoms with Crippen LogP contribution in [0.3, 0.4) is 0 Å². The number of rotatable bonds is 6. The number of carbonyl (C=O) groups is 1. The predicted molar refractivity (Wildman–Crippen MR) is 112 cm³/mol. The number of amides is 1. The van der Waals surface area contributed by atoms with Crippen LogP contribution in [0.15, 0.2) is 50.4 Å². The van der Waals surface area contributed by atoms with E-state index >= 15 is 0 Å². The summed E-state index contributed by atoms with van der Waals surface area (Å²) in [5.74, 6) is -0.222. The van der Waals surface area contributed by atoms with Crippen LogP contribution in [-0.4, -0.2) is 32.8 Å². The summed E-state index contributed by atoms with van der Waals surface area (Å²) in [7, 11) is 3.97. The summed E-state index contributed by atoms with van der Waals surface area (Å²) in [6.07, 6.45) is 1.62. The molecule has 0 radical (unpaired) electrons. The Balaban J connectivity index is 1.86. The molecule has 25 heavy (non-hydrogen) atoms. The van der Waals surface area contributed by atoms with E-state index in [0.29, 0.717) is 0 Å². The van der Waals surface area contributed by atoms with Gasteiger partial charge in [0.15, 0.2) is 0 Å². The summed E-state index contributed by atoms with van der Waals surface area (Å²) in [5.41, 5.74) is 6.51. The van der Waals surface area contributed by atoms with Gasteiger partial charge in [0.25, 0.3) is 5.91 Å². The molecule has 5 nitrogen and oxygen atoms in total. The Morgan fingerprint density at radius 2 is 1.76 bits per heavy atom. The van der Waals surface area contributed by atoms with Gasteiger partial charge in [-0.05, 0) is 74.2 Å². The second-order valence-electron chi connectivity index (χ2n) is 5.74. The van der Waals surface area contributed by atoms with E-state index < -0.39 is 0 Å². The Bertz CT molecular complexity index is 750. The van der Waals surface area contributed by atoms with Crippen LogP contribution in [-0.2, 0) is 4.79 Å². The van der Waals surface area contributed by atoms with Crippen molar-refractivity contribution in [2.75, 3.05) is 30.9 Å². The van der Waals surface area contributed by atoms with Gasteiger partial charge in [-0.2, -0.15) is 5.10 Å². The predicted octanol–water partition coefficient (Wildman–Crippen LogP) is 4.15. The number of nitrogens with zero attached hydrogens (tertiary/aromatic N) is 2. The first kappa shape index (κ1) is 19.5. The molecule has 0 fully saturated rings. The maximum Gasteiger partial charge on any atom is 0.259 e. The van der Waals surface area contributed by atoms with Gasteiger partial charge in [-0.3, -0.25) is 4.79 Å². The molecule has 0 aromatic heterocycles. The highest BCUT2D eigenvalue weighted by molar-refractivity contribution is 9.11. The zero-order chi connectivity index (χ0) is 18.4. The van der Waals surface area contributed by atoms with Crippen LogP contribution >= 0.6 is 31.9 Å². The van der Waals surface area contributed by atoms with Crippen LogP contribution in [0.4, 0.5) is 11.4 Å². The Morgan fingerprint density at radius 3 is 2.32 bits per heavy atom. The number of carbonyl (C=O) groups excluding carboxylic acids is 1. The zero-order valence-corrected chi connectivity index (χ0v) is 17.5. The van der Waals surface area contributed by atoms with Crippen molar-refractivity contribution in [2.24, 2.45) is 5.10 Å².